The summed E-state index contributed by atoms with van der Waals surface area (Å²) in [5.74, 6) is 0.184. The van der Waals surface area contributed by atoms with Crippen LogP contribution in [0.25, 0.3) is 0 Å². The molecule has 4 heteroatoms. The molecule has 1 heterocycles. The lowest BCUT2D eigenvalue weighted by Gasteiger charge is -2.14. The molecule has 2 aromatic carbocycles. The number of hydrogen-bond acceptors (Lipinski definition) is 3. The van der Waals surface area contributed by atoms with Crippen LogP contribution in [0.4, 0.5) is 0 Å². The van der Waals surface area contributed by atoms with Gasteiger partial charge in [-0.25, -0.2) is 0 Å². The van der Waals surface area contributed by atoms with Crippen molar-refractivity contribution in [3.05, 3.63) is 70.8 Å². The quantitative estimate of drug-likeness (QED) is 0.388. The van der Waals surface area contributed by atoms with E-state index >= 15 is 0 Å². The van der Waals surface area contributed by atoms with Crippen molar-refractivity contribution in [1.29, 1.82) is 0 Å². The fourth-order valence-electron chi connectivity index (χ4n) is 2.74. The smallest absolute Gasteiger partial charge is 0.170 e. The molecule has 0 saturated heterocycles. The molecule has 0 fully saturated rings. The summed E-state index contributed by atoms with van der Waals surface area (Å²) in [6.07, 6.45) is 0. The Morgan fingerprint density at radius 2 is 1.90 bits per heavy atom. The summed E-state index contributed by atoms with van der Waals surface area (Å²) >= 11 is 0. The van der Waals surface area contributed by atoms with Gasteiger partial charge in [0.1, 0.15) is 0 Å². The Hall–Kier alpha value is -2.33. The van der Waals surface area contributed by atoms with Crippen LogP contribution in [-0.2, 0) is 19.6 Å². The third-order valence-electron chi connectivity index (χ3n) is 3.68. The van der Waals surface area contributed by atoms with Gasteiger partial charge < -0.3 is 10.9 Å². The summed E-state index contributed by atoms with van der Waals surface area (Å²) in [6.45, 7) is 2.64. The van der Waals surface area contributed by atoms with Gasteiger partial charge in [-0.1, -0.05) is 53.7 Å². The van der Waals surface area contributed by atoms with Crippen molar-refractivity contribution in [3.63, 3.8) is 0 Å². The summed E-state index contributed by atoms with van der Waals surface area (Å²) in [5, 5.41) is 12.0. The molecular weight excluding hydrogens is 250 g/mol. The molecule has 0 aliphatic carbocycles. The lowest BCUT2D eigenvalue weighted by Crippen LogP contribution is -2.18. The topological polar surface area (TPSA) is 61.9 Å². The van der Waals surface area contributed by atoms with Crippen LogP contribution in [0, 0.1) is 0 Å². The van der Waals surface area contributed by atoms with Crippen LogP contribution in [0.15, 0.2) is 53.7 Å². The Morgan fingerprint density at radius 3 is 2.65 bits per heavy atom. The average molecular weight is 267 g/mol. The van der Waals surface area contributed by atoms with Crippen LogP contribution < -0.4 is 5.73 Å². The summed E-state index contributed by atoms with van der Waals surface area (Å²) in [7, 11) is 0. The predicted octanol–water partition coefficient (Wildman–Crippen LogP) is 2.30. The van der Waals surface area contributed by atoms with Gasteiger partial charge in [-0.15, -0.1) is 0 Å². The monoisotopic (exact) mass is 267 g/mol. The highest BCUT2D eigenvalue weighted by atomic mass is 16.4. The largest absolute Gasteiger partial charge is 0.409 e. The fourth-order valence-corrected chi connectivity index (χ4v) is 2.74. The molecule has 20 heavy (non-hydrogen) atoms. The molecule has 0 amide bonds. The van der Waals surface area contributed by atoms with E-state index in [1.807, 2.05) is 18.2 Å². The van der Waals surface area contributed by atoms with Crippen molar-refractivity contribution in [2.24, 2.45) is 10.9 Å². The van der Waals surface area contributed by atoms with Gasteiger partial charge in [0.25, 0.3) is 0 Å². The van der Waals surface area contributed by atoms with Gasteiger partial charge in [0.05, 0.1) is 0 Å². The zero-order valence-electron chi connectivity index (χ0n) is 11.2. The Kier molecular flexibility index (Phi) is 3.39. The first-order valence-corrected chi connectivity index (χ1v) is 6.63. The van der Waals surface area contributed by atoms with E-state index in [-0.39, 0.29) is 5.84 Å². The maximum absolute atomic E-state index is 8.87. The van der Waals surface area contributed by atoms with Crippen molar-refractivity contribution in [2.75, 3.05) is 0 Å². The van der Waals surface area contributed by atoms with Crippen molar-refractivity contribution < 1.29 is 5.21 Å². The normalized spacial score (nSPS) is 15.3. The molecule has 0 radical (unpaired) electrons. The minimum absolute atomic E-state index is 0.184. The van der Waals surface area contributed by atoms with E-state index in [0.29, 0.717) is 0 Å². The highest BCUT2D eigenvalue weighted by molar-refractivity contribution is 5.98. The molecule has 1 aliphatic rings. The predicted molar refractivity (Wildman–Crippen MR) is 78.3 cm³/mol. The fraction of sp³-hybridized carbons (Fsp3) is 0.188. The van der Waals surface area contributed by atoms with Crippen LogP contribution in [0.2, 0.25) is 0 Å². The van der Waals surface area contributed by atoms with Gasteiger partial charge in [-0.2, -0.15) is 0 Å². The molecule has 1 aliphatic heterocycles. The number of amidine groups is 1. The Morgan fingerprint density at radius 1 is 1.10 bits per heavy atom. The van der Waals surface area contributed by atoms with Crippen LogP contribution in [0.1, 0.15) is 22.3 Å². The second-order valence-electron chi connectivity index (χ2n) is 5.06. The summed E-state index contributed by atoms with van der Waals surface area (Å²) < 4.78 is 0. The van der Waals surface area contributed by atoms with E-state index in [9.17, 15) is 0 Å². The summed E-state index contributed by atoms with van der Waals surface area (Å²) in [4.78, 5) is 2.36. The summed E-state index contributed by atoms with van der Waals surface area (Å²) in [6, 6.07) is 16.4. The van der Waals surface area contributed by atoms with Gasteiger partial charge in [-0.05, 0) is 16.7 Å². The number of fused-ring (bicyclic) bond motifs is 1. The van der Waals surface area contributed by atoms with E-state index in [4.69, 9.17) is 10.9 Å². The van der Waals surface area contributed by atoms with E-state index < -0.39 is 0 Å². The SMILES string of the molecule is N/C(=N/O)c1cccc2c1CN(Cc1ccccc1)C2. The van der Waals surface area contributed by atoms with E-state index in [0.717, 1.165) is 25.2 Å². The first-order chi connectivity index (χ1) is 9.78. The number of nitrogens with zero attached hydrogens (tertiary/aromatic N) is 2. The number of rotatable bonds is 3. The average Bonchev–Trinajstić information content (AvgIpc) is 2.89. The van der Waals surface area contributed by atoms with Crippen molar-refractivity contribution in [1.82, 2.24) is 4.90 Å². The Balaban J connectivity index is 1.82. The summed E-state index contributed by atoms with van der Waals surface area (Å²) in [5.41, 5.74) is 10.3. The van der Waals surface area contributed by atoms with Gasteiger partial charge in [-0.3, -0.25) is 4.90 Å². The zero-order valence-corrected chi connectivity index (χ0v) is 11.2. The standard InChI is InChI=1S/C16H17N3O/c17-16(18-20)14-8-4-7-13-10-19(11-15(13)14)9-12-5-2-1-3-6-12/h1-8,20H,9-11H2,(H2,17,18). The minimum atomic E-state index is 0.184. The molecule has 0 spiro atoms. The first-order valence-electron chi connectivity index (χ1n) is 6.63. The minimum Gasteiger partial charge on any atom is -0.409 e. The van der Waals surface area contributed by atoms with E-state index in [1.54, 1.807) is 0 Å². The van der Waals surface area contributed by atoms with Crippen molar-refractivity contribution in [2.45, 2.75) is 19.6 Å². The maximum Gasteiger partial charge on any atom is 0.170 e. The second kappa shape index (κ2) is 5.35. The molecule has 0 saturated carbocycles. The van der Waals surface area contributed by atoms with Gasteiger partial charge in [0.2, 0.25) is 0 Å². The van der Waals surface area contributed by atoms with E-state index in [1.165, 1.54) is 16.7 Å². The number of hydrogen-bond donors (Lipinski definition) is 2. The highest BCUT2D eigenvalue weighted by Crippen LogP contribution is 2.27. The van der Waals surface area contributed by atoms with Gasteiger partial charge in [0.15, 0.2) is 5.84 Å². The molecule has 3 N–H and O–H groups in total. The van der Waals surface area contributed by atoms with Crippen molar-refractivity contribution in [3.8, 4) is 0 Å². The van der Waals surface area contributed by atoms with Gasteiger partial charge in [0, 0.05) is 25.2 Å². The van der Waals surface area contributed by atoms with Crippen LogP contribution in [-0.4, -0.2) is 15.9 Å². The molecule has 0 unspecified atom stereocenters. The van der Waals surface area contributed by atoms with Gasteiger partial charge >= 0.3 is 0 Å². The third kappa shape index (κ3) is 2.38. The van der Waals surface area contributed by atoms with Crippen molar-refractivity contribution >= 4 is 5.84 Å². The highest BCUT2D eigenvalue weighted by Gasteiger charge is 2.22. The van der Waals surface area contributed by atoms with Crippen LogP contribution in [0.3, 0.4) is 0 Å². The molecule has 0 atom stereocenters. The first kappa shape index (κ1) is 12.7. The molecule has 0 bridgehead atoms. The molecule has 4 nitrogen and oxygen atoms in total. The maximum atomic E-state index is 8.87. The Bertz CT molecular complexity index is 637. The molecular formula is C16H17N3O. The lowest BCUT2D eigenvalue weighted by molar-refractivity contribution is 0.275. The Labute approximate surface area is 118 Å². The molecule has 102 valence electrons. The third-order valence-corrected chi connectivity index (χ3v) is 3.68. The lowest BCUT2D eigenvalue weighted by atomic mass is 10.0. The molecule has 3 rings (SSSR count). The zero-order chi connectivity index (χ0) is 13.9. The second-order valence-corrected chi connectivity index (χ2v) is 5.06. The number of nitrogens with two attached hydrogens (primary N) is 1. The molecule has 2 aromatic rings. The van der Waals surface area contributed by atoms with Crippen LogP contribution >= 0.6 is 0 Å². The van der Waals surface area contributed by atoms with E-state index in [2.05, 4.69) is 40.4 Å². The molecule has 0 aromatic heterocycles. The van der Waals surface area contributed by atoms with Crippen LogP contribution in [0.5, 0.6) is 0 Å². The number of benzene rings is 2. The number of oxime groups is 1.